The summed E-state index contributed by atoms with van der Waals surface area (Å²) in [6.07, 6.45) is 5.37. The molecule has 0 fully saturated rings. The molecule has 0 spiro atoms. The van der Waals surface area contributed by atoms with Crippen LogP contribution in [0.1, 0.15) is 31.2 Å². The van der Waals surface area contributed by atoms with Crippen LogP contribution in [-0.4, -0.2) is 24.0 Å². The van der Waals surface area contributed by atoms with Crippen molar-refractivity contribution in [1.29, 1.82) is 0 Å². The third-order valence-electron chi connectivity index (χ3n) is 2.64. The van der Waals surface area contributed by atoms with Crippen LogP contribution in [0.4, 0.5) is 0 Å². The molecule has 2 nitrogen and oxygen atoms in total. The van der Waals surface area contributed by atoms with Crippen LogP contribution in [-0.2, 0) is 6.42 Å². The molecular weight excluding hydrogens is 230 g/mol. The Labute approximate surface area is 109 Å². The van der Waals surface area contributed by atoms with Crippen LogP contribution in [0, 0.1) is 0 Å². The minimum atomic E-state index is 0.319. The number of hydrogen-bond donors (Lipinski definition) is 2. The normalized spacial score (nSPS) is 10.7. The minimum absolute atomic E-state index is 0.319. The molecule has 0 aliphatic rings. The molecule has 0 saturated carbocycles. The van der Waals surface area contributed by atoms with Crippen molar-refractivity contribution in [2.45, 2.75) is 37.0 Å². The molecule has 1 rings (SSSR count). The van der Waals surface area contributed by atoms with E-state index in [1.54, 1.807) is 0 Å². The average molecular weight is 253 g/mol. The largest absolute Gasteiger partial charge is 0.396 e. The van der Waals surface area contributed by atoms with Crippen molar-refractivity contribution in [2.75, 3.05) is 18.9 Å². The number of aliphatic hydroxyl groups is 1. The van der Waals surface area contributed by atoms with Gasteiger partial charge in [0.1, 0.15) is 0 Å². The van der Waals surface area contributed by atoms with Gasteiger partial charge in [-0.3, -0.25) is 0 Å². The van der Waals surface area contributed by atoms with Crippen molar-refractivity contribution >= 4 is 11.8 Å². The fraction of sp³-hybridized carbons (Fsp3) is 0.571. The molecule has 1 aromatic carbocycles. The Kier molecular flexibility index (Phi) is 8.14. The summed E-state index contributed by atoms with van der Waals surface area (Å²) in [6.45, 7) is 1.08. The molecule has 0 aliphatic heterocycles. The van der Waals surface area contributed by atoms with Gasteiger partial charge in [-0.1, -0.05) is 18.6 Å². The first-order chi connectivity index (χ1) is 8.36. The molecule has 96 valence electrons. The van der Waals surface area contributed by atoms with Gasteiger partial charge in [-0.2, -0.15) is 0 Å². The number of benzene rings is 1. The smallest absolute Gasteiger partial charge is 0.0431 e. The van der Waals surface area contributed by atoms with Crippen molar-refractivity contribution in [3.63, 3.8) is 0 Å². The Morgan fingerprint density at radius 3 is 2.76 bits per heavy atom. The number of aliphatic hydroxyl groups excluding tert-OH is 1. The second-order valence-corrected chi connectivity index (χ2v) is 5.34. The minimum Gasteiger partial charge on any atom is -0.396 e. The van der Waals surface area contributed by atoms with Crippen LogP contribution in [0.25, 0.3) is 0 Å². The van der Waals surface area contributed by atoms with Crippen molar-refractivity contribution in [2.24, 2.45) is 5.73 Å². The third kappa shape index (κ3) is 6.71. The fourth-order valence-corrected chi connectivity index (χ4v) is 2.67. The van der Waals surface area contributed by atoms with E-state index in [0.717, 1.165) is 38.0 Å². The van der Waals surface area contributed by atoms with Crippen molar-refractivity contribution in [1.82, 2.24) is 0 Å². The summed E-state index contributed by atoms with van der Waals surface area (Å²) >= 11 is 1.91. The summed E-state index contributed by atoms with van der Waals surface area (Å²) in [5, 5.41) is 8.68. The highest BCUT2D eigenvalue weighted by atomic mass is 32.2. The maximum absolute atomic E-state index is 8.68. The molecule has 0 saturated heterocycles. The van der Waals surface area contributed by atoms with Gasteiger partial charge < -0.3 is 10.8 Å². The summed E-state index contributed by atoms with van der Waals surface area (Å²) in [5.41, 5.74) is 6.90. The standard InChI is InChI=1S/C14H23NOS/c15-9-5-7-13-6-4-8-14(12-13)17-11-3-1-2-10-16/h4,6,8,12,16H,1-3,5,7,9-11,15H2. The highest BCUT2D eigenvalue weighted by Crippen LogP contribution is 2.21. The molecule has 0 heterocycles. The molecule has 0 aromatic heterocycles. The van der Waals surface area contributed by atoms with Crippen LogP contribution < -0.4 is 5.73 Å². The quantitative estimate of drug-likeness (QED) is 0.525. The number of aryl methyl sites for hydroxylation is 1. The van der Waals surface area contributed by atoms with E-state index >= 15 is 0 Å². The van der Waals surface area contributed by atoms with Gasteiger partial charge in [0.2, 0.25) is 0 Å². The van der Waals surface area contributed by atoms with Crippen LogP contribution in [0.5, 0.6) is 0 Å². The first-order valence-electron chi connectivity index (χ1n) is 6.39. The van der Waals surface area contributed by atoms with E-state index in [1.165, 1.54) is 16.9 Å². The van der Waals surface area contributed by atoms with E-state index in [2.05, 4.69) is 24.3 Å². The van der Waals surface area contributed by atoms with Crippen LogP contribution in [0.3, 0.4) is 0 Å². The van der Waals surface area contributed by atoms with Gasteiger partial charge in [0.25, 0.3) is 0 Å². The molecule has 0 amide bonds. The summed E-state index contributed by atoms with van der Waals surface area (Å²) in [4.78, 5) is 1.35. The van der Waals surface area contributed by atoms with Gasteiger partial charge >= 0.3 is 0 Å². The van der Waals surface area contributed by atoms with E-state index in [-0.39, 0.29) is 0 Å². The van der Waals surface area contributed by atoms with Gasteiger partial charge in [0.15, 0.2) is 0 Å². The topological polar surface area (TPSA) is 46.2 Å². The SMILES string of the molecule is NCCCc1cccc(SCCCCCO)c1. The van der Waals surface area contributed by atoms with Crippen LogP contribution in [0.2, 0.25) is 0 Å². The molecule has 1 aromatic rings. The number of thioether (sulfide) groups is 1. The third-order valence-corrected chi connectivity index (χ3v) is 3.72. The van der Waals surface area contributed by atoms with Gasteiger partial charge in [0.05, 0.1) is 0 Å². The lowest BCUT2D eigenvalue weighted by Gasteiger charge is -2.04. The second-order valence-electron chi connectivity index (χ2n) is 4.17. The molecular formula is C14H23NOS. The zero-order valence-corrected chi connectivity index (χ0v) is 11.2. The number of rotatable bonds is 9. The predicted molar refractivity (Wildman–Crippen MR) is 75.5 cm³/mol. The fourth-order valence-electron chi connectivity index (χ4n) is 1.68. The van der Waals surface area contributed by atoms with Crippen molar-refractivity contribution in [3.8, 4) is 0 Å². The van der Waals surface area contributed by atoms with Crippen LogP contribution >= 0.6 is 11.8 Å². The van der Waals surface area contributed by atoms with E-state index < -0.39 is 0 Å². The predicted octanol–water partition coefficient (Wildman–Crippen LogP) is 2.83. The summed E-state index contributed by atoms with van der Waals surface area (Å²) < 4.78 is 0. The zero-order chi connectivity index (χ0) is 12.3. The van der Waals surface area contributed by atoms with E-state index in [9.17, 15) is 0 Å². The maximum atomic E-state index is 8.68. The van der Waals surface area contributed by atoms with Crippen molar-refractivity contribution < 1.29 is 5.11 Å². The maximum Gasteiger partial charge on any atom is 0.0431 e. The molecule has 0 radical (unpaired) electrons. The van der Waals surface area contributed by atoms with Gasteiger partial charge in [-0.25, -0.2) is 0 Å². The van der Waals surface area contributed by atoms with Gasteiger partial charge in [0, 0.05) is 11.5 Å². The first-order valence-corrected chi connectivity index (χ1v) is 7.38. The Hall–Kier alpha value is -0.510. The molecule has 3 N–H and O–H groups in total. The molecule has 0 aliphatic carbocycles. The Bertz CT molecular complexity index is 304. The summed E-state index contributed by atoms with van der Waals surface area (Å²) in [7, 11) is 0. The molecule has 0 atom stereocenters. The highest BCUT2D eigenvalue weighted by molar-refractivity contribution is 7.99. The lowest BCUT2D eigenvalue weighted by atomic mass is 10.1. The lowest BCUT2D eigenvalue weighted by Crippen LogP contribution is -2.00. The monoisotopic (exact) mass is 253 g/mol. The number of unbranched alkanes of at least 4 members (excludes halogenated alkanes) is 2. The second kappa shape index (κ2) is 9.51. The number of hydrogen-bond acceptors (Lipinski definition) is 3. The summed E-state index contributed by atoms with van der Waals surface area (Å²) in [6, 6.07) is 8.74. The molecule has 0 bridgehead atoms. The zero-order valence-electron chi connectivity index (χ0n) is 10.4. The van der Waals surface area contributed by atoms with Crippen LogP contribution in [0.15, 0.2) is 29.2 Å². The van der Waals surface area contributed by atoms with E-state index in [1.807, 2.05) is 11.8 Å². The number of nitrogens with two attached hydrogens (primary N) is 1. The Morgan fingerprint density at radius 1 is 1.12 bits per heavy atom. The van der Waals surface area contributed by atoms with Gasteiger partial charge in [-0.05, 0) is 55.7 Å². The highest BCUT2D eigenvalue weighted by Gasteiger charge is 1.97. The van der Waals surface area contributed by atoms with E-state index in [4.69, 9.17) is 10.8 Å². The first kappa shape index (κ1) is 14.6. The van der Waals surface area contributed by atoms with Gasteiger partial charge in [-0.15, -0.1) is 11.8 Å². The van der Waals surface area contributed by atoms with Crippen molar-refractivity contribution in [3.05, 3.63) is 29.8 Å². The molecule has 17 heavy (non-hydrogen) atoms. The Balaban J connectivity index is 2.27. The molecule has 0 unspecified atom stereocenters. The molecule has 3 heteroatoms. The average Bonchev–Trinajstić information content (AvgIpc) is 2.37. The lowest BCUT2D eigenvalue weighted by molar-refractivity contribution is 0.284. The Morgan fingerprint density at radius 2 is 2.00 bits per heavy atom. The van der Waals surface area contributed by atoms with E-state index in [0.29, 0.717) is 6.61 Å². The summed E-state index contributed by atoms with van der Waals surface area (Å²) in [5.74, 6) is 1.14.